The number of hydrazine groups is 1. The summed E-state index contributed by atoms with van der Waals surface area (Å²) in [5.74, 6) is 8.28. The number of nitrogens with two attached hydrogens (primary N) is 1. The molecule has 1 aliphatic heterocycles. The predicted molar refractivity (Wildman–Crippen MR) is 87.1 cm³/mol. The minimum absolute atomic E-state index is 0.128. The van der Waals surface area contributed by atoms with E-state index in [0.717, 1.165) is 11.3 Å². The Labute approximate surface area is 129 Å². The lowest BCUT2D eigenvalue weighted by Crippen LogP contribution is -2.48. The van der Waals surface area contributed by atoms with Crippen LogP contribution in [0.3, 0.4) is 0 Å². The highest BCUT2D eigenvalue weighted by molar-refractivity contribution is 8.01. The van der Waals surface area contributed by atoms with Crippen molar-refractivity contribution < 1.29 is 8.42 Å². The number of aromatic nitrogens is 2. The second-order valence-corrected chi connectivity index (χ2v) is 8.29. The smallest absolute Gasteiger partial charge is 0.171 e. The van der Waals surface area contributed by atoms with Gasteiger partial charge in [-0.2, -0.15) is 11.8 Å². The first-order valence-electron chi connectivity index (χ1n) is 6.91. The van der Waals surface area contributed by atoms with Gasteiger partial charge in [-0.15, -0.1) is 0 Å². The summed E-state index contributed by atoms with van der Waals surface area (Å²) in [7, 11) is -3.17. The fourth-order valence-corrected chi connectivity index (χ4v) is 5.38. The molecule has 21 heavy (non-hydrogen) atoms. The third-order valence-corrected chi connectivity index (χ3v) is 6.88. The van der Waals surface area contributed by atoms with Crippen LogP contribution in [-0.4, -0.2) is 47.6 Å². The zero-order valence-corrected chi connectivity index (χ0v) is 13.9. The van der Waals surface area contributed by atoms with Crippen LogP contribution in [-0.2, 0) is 16.3 Å². The molecule has 0 amide bonds. The number of nitrogens with one attached hydrogen (secondary N) is 1. The average molecular weight is 331 g/mol. The molecule has 1 aromatic rings. The SMILES string of the molecule is CCc1c(NN)ncnc1N1CCSCC1S(=O)(=O)CC. The molecule has 0 bridgehead atoms. The van der Waals surface area contributed by atoms with Gasteiger partial charge in [-0.25, -0.2) is 24.2 Å². The quantitative estimate of drug-likeness (QED) is 0.599. The largest absolute Gasteiger partial charge is 0.338 e. The molecule has 0 spiro atoms. The third-order valence-electron chi connectivity index (χ3n) is 3.59. The molecule has 118 valence electrons. The highest BCUT2D eigenvalue weighted by Crippen LogP contribution is 2.30. The molecular weight excluding hydrogens is 310 g/mol. The van der Waals surface area contributed by atoms with Crippen LogP contribution in [0.2, 0.25) is 0 Å². The standard InChI is InChI=1S/C12H21N5O2S2/c1-3-9-11(16-13)14-8-15-12(9)17-5-6-20-7-10(17)21(18,19)4-2/h8,10H,3-7,13H2,1-2H3,(H,14,15,16). The molecular formula is C12H21N5O2S2. The Morgan fingerprint density at radius 2 is 2.24 bits per heavy atom. The monoisotopic (exact) mass is 331 g/mol. The summed E-state index contributed by atoms with van der Waals surface area (Å²) in [5, 5.41) is -0.535. The minimum atomic E-state index is -3.17. The van der Waals surface area contributed by atoms with Crippen molar-refractivity contribution >= 4 is 33.2 Å². The summed E-state index contributed by atoms with van der Waals surface area (Å²) < 4.78 is 24.7. The molecule has 1 saturated heterocycles. The molecule has 7 nitrogen and oxygen atoms in total. The number of nitrogens with zero attached hydrogens (tertiary/aromatic N) is 3. The van der Waals surface area contributed by atoms with Gasteiger partial charge < -0.3 is 10.3 Å². The van der Waals surface area contributed by atoms with E-state index in [0.29, 0.717) is 30.4 Å². The van der Waals surface area contributed by atoms with Crippen molar-refractivity contribution in [3.05, 3.63) is 11.9 Å². The maximum atomic E-state index is 12.4. The lowest BCUT2D eigenvalue weighted by molar-refractivity contribution is 0.578. The van der Waals surface area contributed by atoms with E-state index in [-0.39, 0.29) is 5.75 Å². The molecule has 9 heteroatoms. The van der Waals surface area contributed by atoms with Crippen LogP contribution >= 0.6 is 11.8 Å². The normalized spacial score (nSPS) is 19.6. The lowest BCUT2D eigenvalue weighted by atomic mass is 10.2. The first kappa shape index (κ1) is 16.3. The summed E-state index contributed by atoms with van der Waals surface area (Å²) in [6.07, 6.45) is 2.10. The van der Waals surface area contributed by atoms with Crippen LogP contribution in [0, 0.1) is 0 Å². The van der Waals surface area contributed by atoms with Gasteiger partial charge in [0.15, 0.2) is 9.84 Å². The van der Waals surface area contributed by atoms with Gasteiger partial charge >= 0.3 is 0 Å². The van der Waals surface area contributed by atoms with E-state index in [4.69, 9.17) is 5.84 Å². The van der Waals surface area contributed by atoms with Crippen molar-refractivity contribution in [3.63, 3.8) is 0 Å². The Hall–Kier alpha value is -1.06. The van der Waals surface area contributed by atoms with Gasteiger partial charge in [-0.3, -0.25) is 0 Å². The molecule has 2 heterocycles. The van der Waals surface area contributed by atoms with Crippen molar-refractivity contribution in [2.24, 2.45) is 5.84 Å². The second kappa shape index (κ2) is 6.80. The molecule has 1 unspecified atom stereocenters. The Morgan fingerprint density at radius 3 is 2.86 bits per heavy atom. The van der Waals surface area contributed by atoms with Crippen LogP contribution < -0.4 is 16.2 Å². The maximum Gasteiger partial charge on any atom is 0.171 e. The fourth-order valence-electron chi connectivity index (χ4n) is 2.41. The Morgan fingerprint density at radius 1 is 1.48 bits per heavy atom. The summed E-state index contributed by atoms with van der Waals surface area (Å²) >= 11 is 1.66. The van der Waals surface area contributed by atoms with E-state index in [1.807, 2.05) is 11.8 Å². The van der Waals surface area contributed by atoms with Crippen molar-refractivity contribution in [2.45, 2.75) is 25.6 Å². The summed E-state index contributed by atoms with van der Waals surface area (Å²) in [6, 6.07) is 0. The van der Waals surface area contributed by atoms with Crippen LogP contribution in [0.15, 0.2) is 6.33 Å². The van der Waals surface area contributed by atoms with Gasteiger partial charge in [0.05, 0.1) is 0 Å². The van der Waals surface area contributed by atoms with Gasteiger partial charge in [0.1, 0.15) is 23.3 Å². The van der Waals surface area contributed by atoms with Gasteiger partial charge in [0.2, 0.25) is 0 Å². The number of rotatable bonds is 5. The van der Waals surface area contributed by atoms with Crippen molar-refractivity contribution in [2.75, 3.05) is 34.1 Å². The Kier molecular flexibility index (Phi) is 5.28. The topological polar surface area (TPSA) is 101 Å². The number of sulfone groups is 1. The fraction of sp³-hybridized carbons (Fsp3) is 0.667. The van der Waals surface area contributed by atoms with Crippen LogP contribution in [0.4, 0.5) is 11.6 Å². The Bertz CT molecular complexity index is 593. The molecule has 1 aliphatic rings. The Balaban J connectivity index is 2.47. The maximum absolute atomic E-state index is 12.4. The molecule has 1 atom stereocenters. The number of hydrogen-bond acceptors (Lipinski definition) is 8. The predicted octanol–water partition coefficient (Wildman–Crippen LogP) is 0.639. The van der Waals surface area contributed by atoms with Crippen LogP contribution in [0.1, 0.15) is 19.4 Å². The number of nitrogen functional groups attached to an aromatic ring is 1. The molecule has 2 rings (SSSR count). The minimum Gasteiger partial charge on any atom is -0.338 e. The summed E-state index contributed by atoms with van der Waals surface area (Å²) in [6.45, 7) is 4.31. The van der Waals surface area contributed by atoms with E-state index < -0.39 is 15.2 Å². The lowest BCUT2D eigenvalue weighted by Gasteiger charge is -2.36. The van der Waals surface area contributed by atoms with Crippen LogP contribution in [0.5, 0.6) is 0 Å². The van der Waals surface area contributed by atoms with Gasteiger partial charge in [-0.05, 0) is 6.42 Å². The summed E-state index contributed by atoms with van der Waals surface area (Å²) in [4.78, 5) is 10.3. The number of anilines is 2. The van der Waals surface area contributed by atoms with E-state index in [2.05, 4.69) is 15.4 Å². The molecule has 1 fully saturated rings. The van der Waals surface area contributed by atoms with Gasteiger partial charge in [-0.1, -0.05) is 13.8 Å². The molecule has 1 aromatic heterocycles. The van der Waals surface area contributed by atoms with Gasteiger partial charge in [0, 0.05) is 29.4 Å². The third kappa shape index (κ3) is 3.24. The molecule has 0 aromatic carbocycles. The molecule has 0 saturated carbocycles. The summed E-state index contributed by atoms with van der Waals surface area (Å²) in [5.41, 5.74) is 3.41. The first-order valence-corrected chi connectivity index (χ1v) is 9.78. The number of hydrogen-bond donors (Lipinski definition) is 2. The van der Waals surface area contributed by atoms with E-state index in [1.54, 1.807) is 18.7 Å². The zero-order valence-electron chi connectivity index (χ0n) is 12.2. The van der Waals surface area contributed by atoms with Crippen molar-refractivity contribution in [1.82, 2.24) is 9.97 Å². The van der Waals surface area contributed by atoms with Crippen molar-refractivity contribution in [3.8, 4) is 0 Å². The highest BCUT2D eigenvalue weighted by atomic mass is 32.2. The van der Waals surface area contributed by atoms with Crippen LogP contribution in [0.25, 0.3) is 0 Å². The molecule has 0 aliphatic carbocycles. The van der Waals surface area contributed by atoms with Crippen molar-refractivity contribution in [1.29, 1.82) is 0 Å². The highest BCUT2D eigenvalue weighted by Gasteiger charge is 2.35. The van der Waals surface area contributed by atoms with Gasteiger partial charge in [0.25, 0.3) is 0 Å². The first-order chi connectivity index (χ1) is 10.0. The average Bonchev–Trinajstić information content (AvgIpc) is 2.53. The zero-order chi connectivity index (χ0) is 15.5. The van der Waals surface area contributed by atoms with E-state index in [9.17, 15) is 8.42 Å². The van der Waals surface area contributed by atoms with E-state index in [1.165, 1.54) is 6.33 Å². The molecule has 3 N–H and O–H groups in total. The molecule has 0 radical (unpaired) electrons. The van der Waals surface area contributed by atoms with E-state index >= 15 is 0 Å². The second-order valence-electron chi connectivity index (χ2n) is 4.70. The number of thioether (sulfide) groups is 1.